The molecule has 0 bridgehead atoms. The van der Waals surface area contributed by atoms with Crippen molar-refractivity contribution in [1.29, 1.82) is 0 Å². The normalized spacial score (nSPS) is 14.5. The molecule has 6 heteroatoms. The topological polar surface area (TPSA) is 59.8 Å². The molecule has 92 valence electrons. The van der Waals surface area contributed by atoms with Crippen molar-refractivity contribution in [2.75, 3.05) is 5.32 Å². The molecule has 0 radical (unpaired) electrons. The van der Waals surface area contributed by atoms with Gasteiger partial charge in [-0.1, -0.05) is 0 Å². The number of nitrogens with zero attached hydrogens (tertiary/aromatic N) is 3. The van der Waals surface area contributed by atoms with E-state index in [0.717, 1.165) is 17.3 Å². The number of carbonyl (C=O) groups excluding carboxylic acids is 1. The Morgan fingerprint density at radius 2 is 2.33 bits per heavy atom. The van der Waals surface area contributed by atoms with Gasteiger partial charge in [0.05, 0.1) is 0 Å². The van der Waals surface area contributed by atoms with Crippen molar-refractivity contribution in [3.63, 3.8) is 0 Å². The van der Waals surface area contributed by atoms with Crippen molar-refractivity contribution in [3.8, 4) is 0 Å². The third-order valence-corrected chi connectivity index (χ3v) is 3.24. The third-order valence-electron chi connectivity index (χ3n) is 2.80. The van der Waals surface area contributed by atoms with Crippen LogP contribution in [0.2, 0.25) is 0 Å². The fraction of sp³-hybridized carbons (Fsp3) is 0.250. The Morgan fingerprint density at radius 1 is 1.50 bits per heavy atom. The molecule has 5 nitrogen and oxygen atoms in total. The number of nitrogens with one attached hydrogen (secondary N) is 1. The minimum Gasteiger partial charge on any atom is -0.339 e. The second-order valence-corrected chi connectivity index (χ2v) is 5.16. The van der Waals surface area contributed by atoms with Crippen molar-refractivity contribution < 1.29 is 4.79 Å². The maximum atomic E-state index is 12.2. The molecule has 0 aliphatic heterocycles. The molecule has 1 aliphatic carbocycles. The minimum atomic E-state index is -0.159. The second kappa shape index (κ2) is 4.53. The molecule has 3 rings (SSSR count). The summed E-state index contributed by atoms with van der Waals surface area (Å²) in [6, 6.07) is 5.73. The Balaban J connectivity index is 1.84. The predicted octanol–water partition coefficient (Wildman–Crippen LogP) is 2.63. The predicted molar refractivity (Wildman–Crippen MR) is 70.4 cm³/mol. The van der Waals surface area contributed by atoms with Crippen LogP contribution in [-0.2, 0) is 0 Å². The molecular weight excluding hydrogens is 296 g/mol. The molecule has 1 aliphatic rings. The zero-order chi connectivity index (χ0) is 12.5. The van der Waals surface area contributed by atoms with Crippen LogP contribution < -0.4 is 5.32 Å². The Hall–Kier alpha value is -1.69. The molecule has 0 atom stereocenters. The zero-order valence-corrected chi connectivity index (χ0v) is 11.1. The maximum Gasteiger partial charge on any atom is 0.273 e. The van der Waals surface area contributed by atoms with Crippen LogP contribution in [0.1, 0.15) is 29.4 Å². The van der Waals surface area contributed by atoms with E-state index in [-0.39, 0.29) is 5.91 Å². The van der Waals surface area contributed by atoms with Crippen LogP contribution in [0.25, 0.3) is 0 Å². The van der Waals surface area contributed by atoms with Crippen LogP contribution in [0.15, 0.2) is 35.1 Å². The van der Waals surface area contributed by atoms with Gasteiger partial charge in [-0.15, -0.1) is 5.10 Å². The van der Waals surface area contributed by atoms with Crippen LogP contribution >= 0.6 is 15.9 Å². The first-order chi connectivity index (χ1) is 8.74. The SMILES string of the molecule is O=C(Nc1cccnn1)c1cc(Br)cn1C1CC1. The van der Waals surface area contributed by atoms with Crippen molar-refractivity contribution in [2.45, 2.75) is 18.9 Å². The van der Waals surface area contributed by atoms with Gasteiger partial charge in [0, 0.05) is 22.9 Å². The van der Waals surface area contributed by atoms with Gasteiger partial charge >= 0.3 is 0 Å². The number of amides is 1. The fourth-order valence-electron chi connectivity index (χ4n) is 1.83. The van der Waals surface area contributed by atoms with Crippen LogP contribution in [0.4, 0.5) is 5.82 Å². The van der Waals surface area contributed by atoms with E-state index in [4.69, 9.17) is 0 Å². The highest BCUT2D eigenvalue weighted by molar-refractivity contribution is 9.10. The quantitative estimate of drug-likeness (QED) is 0.948. The Morgan fingerprint density at radius 3 is 3.00 bits per heavy atom. The lowest BCUT2D eigenvalue weighted by atomic mass is 10.4. The number of rotatable bonds is 3. The summed E-state index contributed by atoms with van der Waals surface area (Å²) in [5, 5.41) is 10.3. The highest BCUT2D eigenvalue weighted by Crippen LogP contribution is 2.37. The molecule has 0 spiro atoms. The van der Waals surface area contributed by atoms with E-state index in [1.54, 1.807) is 18.3 Å². The molecule has 1 fully saturated rings. The number of carbonyl (C=O) groups is 1. The highest BCUT2D eigenvalue weighted by atomic mass is 79.9. The standard InChI is InChI=1S/C12H11BrN4O/c13-8-6-10(17(7-8)9-3-4-9)12(18)15-11-2-1-5-14-16-11/h1-2,5-7,9H,3-4H2,(H,15,16,18). The lowest BCUT2D eigenvalue weighted by Gasteiger charge is -2.07. The van der Waals surface area contributed by atoms with E-state index < -0.39 is 0 Å². The average Bonchev–Trinajstić information content (AvgIpc) is 3.13. The summed E-state index contributed by atoms with van der Waals surface area (Å²) < 4.78 is 2.93. The minimum absolute atomic E-state index is 0.159. The molecule has 1 N–H and O–H groups in total. The molecule has 0 aromatic carbocycles. The van der Waals surface area contributed by atoms with Gasteiger partial charge in [0.1, 0.15) is 5.69 Å². The molecule has 2 heterocycles. The first-order valence-electron chi connectivity index (χ1n) is 5.70. The molecule has 0 unspecified atom stereocenters. The third kappa shape index (κ3) is 2.28. The summed E-state index contributed by atoms with van der Waals surface area (Å²) in [6.07, 6.45) is 5.78. The van der Waals surface area contributed by atoms with Crippen molar-refractivity contribution in [2.24, 2.45) is 0 Å². The van der Waals surface area contributed by atoms with E-state index in [2.05, 4.69) is 31.4 Å². The van der Waals surface area contributed by atoms with Gasteiger partial charge in [0.25, 0.3) is 5.91 Å². The van der Waals surface area contributed by atoms with Crippen molar-refractivity contribution >= 4 is 27.7 Å². The maximum absolute atomic E-state index is 12.2. The zero-order valence-electron chi connectivity index (χ0n) is 9.51. The summed E-state index contributed by atoms with van der Waals surface area (Å²) in [7, 11) is 0. The van der Waals surface area contributed by atoms with Gasteiger partial charge in [-0.25, -0.2) is 0 Å². The first-order valence-corrected chi connectivity index (χ1v) is 6.50. The van der Waals surface area contributed by atoms with Gasteiger partial charge in [-0.05, 0) is 47.0 Å². The molecule has 1 saturated carbocycles. The molecular formula is C12H11BrN4O. The first kappa shape index (κ1) is 11.4. The van der Waals surface area contributed by atoms with Gasteiger partial charge < -0.3 is 9.88 Å². The Bertz CT molecular complexity index is 577. The molecule has 1 amide bonds. The number of hydrogen-bond acceptors (Lipinski definition) is 3. The van der Waals surface area contributed by atoms with Crippen LogP contribution in [0, 0.1) is 0 Å². The average molecular weight is 307 g/mol. The van der Waals surface area contributed by atoms with E-state index in [1.807, 2.05) is 16.8 Å². The molecule has 2 aromatic rings. The van der Waals surface area contributed by atoms with Crippen LogP contribution in [0.5, 0.6) is 0 Å². The summed E-state index contributed by atoms with van der Waals surface area (Å²) in [6.45, 7) is 0. The lowest BCUT2D eigenvalue weighted by Crippen LogP contribution is -2.17. The van der Waals surface area contributed by atoms with Crippen LogP contribution in [0.3, 0.4) is 0 Å². The number of hydrogen-bond donors (Lipinski definition) is 1. The number of halogens is 1. The Labute approximate surface area is 112 Å². The fourth-order valence-corrected chi connectivity index (χ4v) is 2.27. The molecule has 2 aromatic heterocycles. The molecule has 0 saturated heterocycles. The number of anilines is 1. The van der Waals surface area contributed by atoms with E-state index >= 15 is 0 Å². The van der Waals surface area contributed by atoms with Gasteiger partial charge in [0.2, 0.25) is 0 Å². The lowest BCUT2D eigenvalue weighted by molar-refractivity contribution is 0.101. The molecule has 18 heavy (non-hydrogen) atoms. The van der Waals surface area contributed by atoms with Gasteiger partial charge in [-0.3, -0.25) is 4.79 Å². The van der Waals surface area contributed by atoms with E-state index in [1.165, 1.54) is 0 Å². The summed E-state index contributed by atoms with van der Waals surface area (Å²) in [5.41, 5.74) is 0.648. The van der Waals surface area contributed by atoms with Crippen molar-refractivity contribution in [3.05, 3.63) is 40.8 Å². The monoisotopic (exact) mass is 306 g/mol. The number of aromatic nitrogens is 3. The van der Waals surface area contributed by atoms with Crippen molar-refractivity contribution in [1.82, 2.24) is 14.8 Å². The van der Waals surface area contributed by atoms with E-state index in [0.29, 0.717) is 17.6 Å². The van der Waals surface area contributed by atoms with Gasteiger partial charge in [0.15, 0.2) is 5.82 Å². The highest BCUT2D eigenvalue weighted by Gasteiger charge is 2.27. The largest absolute Gasteiger partial charge is 0.339 e. The smallest absolute Gasteiger partial charge is 0.273 e. The van der Waals surface area contributed by atoms with E-state index in [9.17, 15) is 4.79 Å². The second-order valence-electron chi connectivity index (χ2n) is 4.25. The summed E-state index contributed by atoms with van der Waals surface area (Å²) >= 11 is 3.40. The van der Waals surface area contributed by atoms with Crippen LogP contribution in [-0.4, -0.2) is 20.7 Å². The Kier molecular flexibility index (Phi) is 2.87. The summed E-state index contributed by atoms with van der Waals surface area (Å²) in [4.78, 5) is 12.2. The summed E-state index contributed by atoms with van der Waals surface area (Å²) in [5.74, 6) is 0.301. The van der Waals surface area contributed by atoms with Gasteiger partial charge in [-0.2, -0.15) is 5.10 Å².